The van der Waals surface area contributed by atoms with Crippen molar-refractivity contribution in [1.82, 2.24) is 0 Å². The van der Waals surface area contributed by atoms with Gasteiger partial charge in [0.2, 0.25) is 0 Å². The maximum Gasteiger partial charge on any atom is 0.100 e. The Morgan fingerprint density at radius 1 is 1.36 bits per heavy atom. The molecule has 0 saturated heterocycles. The molecule has 2 aliphatic carbocycles. The summed E-state index contributed by atoms with van der Waals surface area (Å²) in [6.07, 6.45) is 3.50. The minimum absolute atomic E-state index is 0.436. The van der Waals surface area contributed by atoms with E-state index in [2.05, 4.69) is 0 Å². The summed E-state index contributed by atoms with van der Waals surface area (Å²) >= 11 is 13.3. The Morgan fingerprint density at radius 2 is 2.00 bits per heavy atom. The Hall–Kier alpha value is 0.240. The zero-order valence-corrected chi connectivity index (χ0v) is 9.79. The summed E-state index contributed by atoms with van der Waals surface area (Å²) in [5.41, 5.74) is 0.225. The number of halogens is 2. The van der Waals surface area contributed by atoms with Crippen LogP contribution in [0, 0.1) is 11.8 Å². The van der Waals surface area contributed by atoms with Gasteiger partial charge in [0.25, 0.3) is 0 Å². The zero-order chi connectivity index (χ0) is 9.92. The van der Waals surface area contributed by atoms with Gasteiger partial charge in [-0.15, -0.1) is 11.3 Å². The molecule has 1 aromatic heterocycles. The Kier molecular flexibility index (Phi) is 1.95. The number of rotatable bonds is 1. The quantitative estimate of drug-likeness (QED) is 0.805. The van der Waals surface area contributed by atoms with Crippen molar-refractivity contribution in [2.24, 2.45) is 11.8 Å². The van der Waals surface area contributed by atoms with Crippen LogP contribution in [0.25, 0.3) is 0 Å². The van der Waals surface area contributed by atoms with Gasteiger partial charge in [-0.3, -0.25) is 0 Å². The Balaban J connectivity index is 2.00. The average molecular weight is 249 g/mol. The van der Waals surface area contributed by atoms with Crippen molar-refractivity contribution in [2.45, 2.75) is 24.9 Å². The molecule has 3 rings (SSSR count). The third-order valence-electron chi connectivity index (χ3n) is 3.63. The van der Waals surface area contributed by atoms with E-state index in [1.165, 1.54) is 17.8 Å². The van der Waals surface area contributed by atoms with E-state index in [-0.39, 0.29) is 0 Å². The van der Waals surface area contributed by atoms with E-state index in [9.17, 15) is 5.11 Å². The highest BCUT2D eigenvalue weighted by Gasteiger charge is 2.67. The monoisotopic (exact) mass is 248 g/mol. The smallest absolute Gasteiger partial charge is 0.100 e. The SMILES string of the molecule is OC1(c2cc(Cl)sc2Cl)C2CCCC21. The van der Waals surface area contributed by atoms with Crippen LogP contribution in [-0.4, -0.2) is 5.11 Å². The zero-order valence-electron chi connectivity index (χ0n) is 7.46. The maximum atomic E-state index is 10.4. The van der Waals surface area contributed by atoms with E-state index in [1.54, 1.807) is 0 Å². The molecule has 76 valence electrons. The molecule has 2 unspecified atom stereocenters. The number of aliphatic hydroxyl groups is 1. The predicted molar refractivity (Wildman–Crippen MR) is 59.1 cm³/mol. The predicted octanol–water partition coefficient (Wildman–Crippen LogP) is 3.67. The molecular weight excluding hydrogens is 239 g/mol. The van der Waals surface area contributed by atoms with Gasteiger partial charge in [-0.2, -0.15) is 0 Å². The summed E-state index contributed by atoms with van der Waals surface area (Å²) in [6.45, 7) is 0. The highest BCUT2D eigenvalue weighted by Crippen LogP contribution is 2.67. The molecule has 4 heteroatoms. The fourth-order valence-electron chi connectivity index (χ4n) is 2.93. The molecule has 0 bridgehead atoms. The summed E-state index contributed by atoms with van der Waals surface area (Å²) in [5, 5.41) is 10.4. The van der Waals surface area contributed by atoms with Crippen LogP contribution in [-0.2, 0) is 5.60 Å². The molecule has 2 saturated carbocycles. The molecule has 0 aliphatic heterocycles. The lowest BCUT2D eigenvalue weighted by molar-refractivity contribution is 0.106. The van der Waals surface area contributed by atoms with E-state index >= 15 is 0 Å². The normalized spacial score (nSPS) is 39.9. The fraction of sp³-hybridized carbons (Fsp3) is 0.600. The van der Waals surface area contributed by atoms with Crippen LogP contribution in [0.3, 0.4) is 0 Å². The molecule has 0 radical (unpaired) electrons. The van der Waals surface area contributed by atoms with Crippen LogP contribution in [0.2, 0.25) is 8.67 Å². The van der Waals surface area contributed by atoms with E-state index in [0.717, 1.165) is 18.4 Å². The number of thiophene rings is 1. The van der Waals surface area contributed by atoms with Gasteiger partial charge in [0.1, 0.15) is 4.34 Å². The molecule has 0 aromatic carbocycles. The second-order valence-electron chi connectivity index (χ2n) is 4.21. The first-order valence-electron chi connectivity index (χ1n) is 4.81. The van der Waals surface area contributed by atoms with E-state index in [0.29, 0.717) is 20.5 Å². The molecule has 1 heterocycles. The Morgan fingerprint density at radius 3 is 2.50 bits per heavy atom. The second kappa shape index (κ2) is 2.88. The highest BCUT2D eigenvalue weighted by molar-refractivity contribution is 7.20. The van der Waals surface area contributed by atoms with E-state index in [1.807, 2.05) is 6.07 Å². The van der Waals surface area contributed by atoms with Crippen LogP contribution in [0.4, 0.5) is 0 Å². The molecule has 1 N–H and O–H groups in total. The van der Waals surface area contributed by atoms with Gasteiger partial charge in [-0.25, -0.2) is 0 Å². The maximum absolute atomic E-state index is 10.4. The molecule has 14 heavy (non-hydrogen) atoms. The van der Waals surface area contributed by atoms with Crippen molar-refractivity contribution < 1.29 is 5.11 Å². The standard InChI is InChI=1S/C10H10Cl2OS/c11-8-4-7(9(12)14-8)10(13)5-2-1-3-6(5)10/h4-6,13H,1-3H2. The Bertz CT molecular complexity index is 377. The van der Waals surface area contributed by atoms with Gasteiger partial charge < -0.3 is 5.11 Å². The van der Waals surface area contributed by atoms with E-state index in [4.69, 9.17) is 23.2 Å². The lowest BCUT2D eigenvalue weighted by Crippen LogP contribution is -2.12. The molecule has 0 amide bonds. The van der Waals surface area contributed by atoms with Gasteiger partial charge in [-0.05, 0) is 30.7 Å². The topological polar surface area (TPSA) is 20.2 Å². The minimum Gasteiger partial charge on any atom is -0.384 e. The van der Waals surface area contributed by atoms with Crippen molar-refractivity contribution in [3.8, 4) is 0 Å². The third-order valence-corrected chi connectivity index (χ3v) is 5.11. The lowest BCUT2D eigenvalue weighted by atomic mass is 10.0. The summed E-state index contributed by atoms with van der Waals surface area (Å²) in [6, 6.07) is 1.83. The van der Waals surface area contributed by atoms with Crippen molar-refractivity contribution in [1.29, 1.82) is 0 Å². The molecular formula is C10H10Cl2OS. The van der Waals surface area contributed by atoms with Gasteiger partial charge in [0.15, 0.2) is 0 Å². The lowest BCUT2D eigenvalue weighted by Gasteiger charge is -2.12. The first-order valence-corrected chi connectivity index (χ1v) is 6.39. The number of fused-ring (bicyclic) bond motifs is 1. The summed E-state index contributed by atoms with van der Waals surface area (Å²) in [7, 11) is 0. The van der Waals surface area contributed by atoms with Crippen LogP contribution < -0.4 is 0 Å². The first kappa shape index (κ1) is 9.46. The van der Waals surface area contributed by atoms with Crippen molar-refractivity contribution in [3.63, 3.8) is 0 Å². The van der Waals surface area contributed by atoms with Crippen LogP contribution in [0.15, 0.2) is 6.07 Å². The first-order chi connectivity index (χ1) is 6.64. The molecule has 1 nitrogen and oxygen atoms in total. The number of hydrogen-bond donors (Lipinski definition) is 1. The fourth-order valence-corrected chi connectivity index (χ4v) is 4.53. The summed E-state index contributed by atoms with van der Waals surface area (Å²) < 4.78 is 1.33. The highest BCUT2D eigenvalue weighted by atomic mass is 35.5. The second-order valence-corrected chi connectivity index (χ2v) is 6.49. The van der Waals surface area contributed by atoms with Crippen LogP contribution in [0.1, 0.15) is 24.8 Å². The summed E-state index contributed by atoms with van der Waals surface area (Å²) in [4.78, 5) is 0. The van der Waals surface area contributed by atoms with Gasteiger partial charge in [0.05, 0.1) is 9.94 Å². The average Bonchev–Trinajstić information content (AvgIpc) is 2.60. The van der Waals surface area contributed by atoms with Gasteiger partial charge in [0, 0.05) is 5.56 Å². The molecule has 2 aliphatic rings. The largest absolute Gasteiger partial charge is 0.384 e. The molecule has 2 fully saturated rings. The van der Waals surface area contributed by atoms with Gasteiger partial charge in [-0.1, -0.05) is 29.6 Å². The van der Waals surface area contributed by atoms with Crippen molar-refractivity contribution >= 4 is 34.5 Å². The number of hydrogen-bond acceptors (Lipinski definition) is 2. The third kappa shape index (κ3) is 1.06. The summed E-state index contributed by atoms with van der Waals surface area (Å²) in [5.74, 6) is 0.872. The Labute approximate surface area is 96.7 Å². The van der Waals surface area contributed by atoms with Gasteiger partial charge >= 0.3 is 0 Å². The minimum atomic E-state index is -0.640. The van der Waals surface area contributed by atoms with Crippen molar-refractivity contribution in [2.75, 3.05) is 0 Å². The molecule has 2 atom stereocenters. The molecule has 0 spiro atoms. The van der Waals surface area contributed by atoms with Crippen molar-refractivity contribution in [3.05, 3.63) is 20.3 Å². The van der Waals surface area contributed by atoms with E-state index < -0.39 is 5.60 Å². The molecule has 1 aromatic rings. The van der Waals surface area contributed by atoms with Crippen LogP contribution >= 0.6 is 34.5 Å². The van der Waals surface area contributed by atoms with Crippen LogP contribution in [0.5, 0.6) is 0 Å².